The van der Waals surface area contributed by atoms with Crippen molar-refractivity contribution < 1.29 is 9.84 Å². The Bertz CT molecular complexity index is 823. The third-order valence-corrected chi connectivity index (χ3v) is 7.14. The maximum atomic E-state index is 11.5. The normalized spacial score (nSPS) is 34.9. The number of fused-ring (bicyclic) bond motifs is 2. The van der Waals surface area contributed by atoms with Gasteiger partial charge in [-0.3, -0.25) is 4.90 Å². The highest BCUT2D eigenvalue weighted by Gasteiger charge is 2.53. The van der Waals surface area contributed by atoms with Gasteiger partial charge >= 0.3 is 0 Å². The molecule has 29 heavy (non-hydrogen) atoms. The Hall–Kier alpha value is -1.69. The zero-order chi connectivity index (χ0) is 20.6. The lowest BCUT2D eigenvalue weighted by Gasteiger charge is -2.49. The van der Waals surface area contributed by atoms with Crippen LogP contribution in [0.5, 0.6) is 0 Å². The van der Waals surface area contributed by atoms with Gasteiger partial charge in [-0.2, -0.15) is 0 Å². The van der Waals surface area contributed by atoms with Crippen molar-refractivity contribution in [3.8, 4) is 0 Å². The van der Waals surface area contributed by atoms with Gasteiger partial charge in [-0.25, -0.2) is 4.98 Å². The fourth-order valence-electron chi connectivity index (χ4n) is 5.62. The second kappa shape index (κ2) is 7.86. The molecule has 0 saturated carbocycles. The molecular weight excluding hydrogens is 362 g/mol. The molecule has 2 aliphatic heterocycles. The molecule has 4 rings (SSSR count). The summed E-state index contributed by atoms with van der Waals surface area (Å²) in [5.41, 5.74) is 0.604. The van der Waals surface area contributed by atoms with Crippen molar-refractivity contribution in [1.82, 2.24) is 14.5 Å². The Balaban J connectivity index is 1.57. The number of likely N-dealkylation sites (N-methyl/N-ethyl adjacent to an activating group) is 1. The van der Waals surface area contributed by atoms with E-state index >= 15 is 0 Å². The van der Waals surface area contributed by atoms with E-state index in [1.54, 1.807) is 0 Å². The number of aliphatic hydroxyl groups is 1. The summed E-state index contributed by atoms with van der Waals surface area (Å²) >= 11 is 0. The first-order valence-corrected chi connectivity index (χ1v) is 11.0. The molecule has 1 N–H and O–H groups in total. The van der Waals surface area contributed by atoms with Crippen molar-refractivity contribution in [2.45, 2.75) is 88.8 Å². The molecule has 5 nitrogen and oxygen atoms in total. The number of aliphatic hydroxyl groups excluding tert-OH is 1. The van der Waals surface area contributed by atoms with Crippen LogP contribution < -0.4 is 0 Å². The summed E-state index contributed by atoms with van der Waals surface area (Å²) in [5, 5.41) is 11.5. The van der Waals surface area contributed by atoms with E-state index in [9.17, 15) is 5.11 Å². The summed E-state index contributed by atoms with van der Waals surface area (Å²) in [4.78, 5) is 6.80. The lowest BCUT2D eigenvalue weighted by atomic mass is 9.74. The van der Waals surface area contributed by atoms with Crippen LogP contribution >= 0.6 is 0 Å². The van der Waals surface area contributed by atoms with Gasteiger partial charge in [0.15, 0.2) is 0 Å². The molecular formula is C24H35N3O2. The third-order valence-electron chi connectivity index (χ3n) is 7.14. The van der Waals surface area contributed by atoms with Gasteiger partial charge < -0.3 is 14.4 Å². The van der Waals surface area contributed by atoms with Crippen molar-refractivity contribution in [2.24, 2.45) is 0 Å². The van der Waals surface area contributed by atoms with Gasteiger partial charge in [0, 0.05) is 25.0 Å². The molecule has 2 aliphatic rings. The van der Waals surface area contributed by atoms with Gasteiger partial charge in [0.1, 0.15) is 5.82 Å². The van der Waals surface area contributed by atoms with Gasteiger partial charge in [-0.1, -0.05) is 30.3 Å². The second-order valence-electron chi connectivity index (χ2n) is 9.48. The topological polar surface area (TPSA) is 50.5 Å². The standard InChI is InChI=1S/C24H35N3O2/c1-5-27-14-13-25-21(27)17-26(4)20-11-12-23(2)15-19(18-9-7-6-8-10-18)16-24(3,29-23)22(20)28/h6-10,13-14,19-20,22,28H,5,11-12,15-17H2,1-4H3/t19-,20-,22+,23-,24-/m0/s1. The summed E-state index contributed by atoms with van der Waals surface area (Å²) < 4.78 is 8.82. The maximum Gasteiger partial charge on any atom is 0.122 e. The summed E-state index contributed by atoms with van der Waals surface area (Å²) in [7, 11) is 2.11. The SMILES string of the molecule is CCn1ccnc1CN(C)[C@H]1CC[C@@]2(C)C[C@H](c3ccccc3)C[C@](C)(O2)[C@@H]1O. The van der Waals surface area contributed by atoms with Gasteiger partial charge in [-0.15, -0.1) is 0 Å². The minimum Gasteiger partial charge on any atom is -0.388 e. The molecule has 0 amide bonds. The van der Waals surface area contributed by atoms with Crippen LogP contribution in [0.15, 0.2) is 42.7 Å². The number of aromatic nitrogens is 2. The largest absolute Gasteiger partial charge is 0.388 e. The zero-order valence-electron chi connectivity index (χ0n) is 18.2. The number of hydrogen-bond donors (Lipinski definition) is 1. The van der Waals surface area contributed by atoms with Gasteiger partial charge in [-0.05, 0) is 65.0 Å². The molecule has 0 aliphatic carbocycles. The van der Waals surface area contributed by atoms with Crippen LogP contribution in [-0.4, -0.2) is 50.0 Å². The molecule has 2 saturated heterocycles. The first-order valence-electron chi connectivity index (χ1n) is 11.0. The number of ether oxygens (including phenoxy) is 1. The minimum absolute atomic E-state index is 0.0540. The van der Waals surface area contributed by atoms with Crippen LogP contribution in [-0.2, 0) is 17.8 Å². The molecule has 1 aromatic carbocycles. The minimum atomic E-state index is -0.552. The van der Waals surface area contributed by atoms with Crippen LogP contribution in [0.2, 0.25) is 0 Å². The number of rotatable bonds is 5. The highest BCUT2D eigenvalue weighted by atomic mass is 16.5. The van der Waals surface area contributed by atoms with Crippen molar-refractivity contribution in [1.29, 1.82) is 0 Å². The van der Waals surface area contributed by atoms with Crippen molar-refractivity contribution in [3.63, 3.8) is 0 Å². The number of nitrogens with zero attached hydrogens (tertiary/aromatic N) is 3. The van der Waals surface area contributed by atoms with Crippen LogP contribution in [0.1, 0.15) is 63.8 Å². The molecule has 5 heteroatoms. The maximum absolute atomic E-state index is 11.5. The highest BCUT2D eigenvalue weighted by Crippen LogP contribution is 2.50. The summed E-state index contributed by atoms with van der Waals surface area (Å²) in [6.45, 7) is 8.13. The average molecular weight is 398 g/mol. The molecule has 2 fully saturated rings. The molecule has 2 aromatic rings. The number of imidazole rings is 1. The van der Waals surface area contributed by atoms with E-state index in [1.165, 1.54) is 5.56 Å². The number of hydrogen-bond acceptors (Lipinski definition) is 4. The molecule has 1 aromatic heterocycles. The fourth-order valence-corrected chi connectivity index (χ4v) is 5.62. The molecule has 0 spiro atoms. The monoisotopic (exact) mass is 397 g/mol. The van der Waals surface area contributed by atoms with Crippen LogP contribution in [0, 0.1) is 0 Å². The number of aryl methyl sites for hydroxylation is 1. The quantitative estimate of drug-likeness (QED) is 0.829. The Labute approximate surface area is 174 Å². The van der Waals surface area contributed by atoms with Crippen LogP contribution in [0.4, 0.5) is 0 Å². The molecule has 2 bridgehead atoms. The first-order chi connectivity index (χ1) is 13.8. The van der Waals surface area contributed by atoms with E-state index in [2.05, 4.69) is 72.6 Å². The van der Waals surface area contributed by atoms with E-state index < -0.39 is 11.7 Å². The van der Waals surface area contributed by atoms with Crippen molar-refractivity contribution in [2.75, 3.05) is 7.05 Å². The molecule has 5 atom stereocenters. The van der Waals surface area contributed by atoms with E-state index in [0.29, 0.717) is 5.92 Å². The summed E-state index contributed by atoms with van der Waals surface area (Å²) in [6, 6.07) is 10.8. The van der Waals surface area contributed by atoms with Crippen molar-refractivity contribution >= 4 is 0 Å². The smallest absolute Gasteiger partial charge is 0.122 e. The summed E-state index contributed by atoms with van der Waals surface area (Å²) in [6.07, 6.45) is 7.09. The summed E-state index contributed by atoms with van der Waals surface area (Å²) in [5.74, 6) is 1.46. The fraction of sp³-hybridized carbons (Fsp3) is 0.625. The average Bonchev–Trinajstić information content (AvgIpc) is 3.12. The van der Waals surface area contributed by atoms with E-state index in [0.717, 1.165) is 44.6 Å². The predicted octanol–water partition coefficient (Wildman–Crippen LogP) is 3.97. The van der Waals surface area contributed by atoms with Crippen LogP contribution in [0.25, 0.3) is 0 Å². The third kappa shape index (κ3) is 4.00. The Kier molecular flexibility index (Phi) is 5.58. The molecule has 0 radical (unpaired) electrons. The Morgan fingerprint density at radius 1 is 1.24 bits per heavy atom. The molecule has 0 unspecified atom stereocenters. The lowest BCUT2D eigenvalue weighted by Crippen LogP contribution is -2.57. The van der Waals surface area contributed by atoms with Crippen LogP contribution in [0.3, 0.4) is 0 Å². The van der Waals surface area contributed by atoms with E-state index in [-0.39, 0.29) is 11.6 Å². The van der Waals surface area contributed by atoms with Gasteiger partial charge in [0.25, 0.3) is 0 Å². The predicted molar refractivity (Wildman–Crippen MR) is 115 cm³/mol. The number of benzene rings is 1. The highest BCUT2D eigenvalue weighted by molar-refractivity contribution is 5.23. The Morgan fingerprint density at radius 3 is 2.72 bits per heavy atom. The first kappa shape index (κ1) is 20.6. The van der Waals surface area contributed by atoms with Gasteiger partial charge in [0.05, 0.1) is 23.9 Å². The van der Waals surface area contributed by atoms with Crippen molar-refractivity contribution in [3.05, 3.63) is 54.1 Å². The zero-order valence-corrected chi connectivity index (χ0v) is 18.2. The second-order valence-corrected chi connectivity index (χ2v) is 9.48. The lowest BCUT2D eigenvalue weighted by molar-refractivity contribution is -0.216. The molecule has 3 heterocycles. The molecule has 158 valence electrons. The van der Waals surface area contributed by atoms with E-state index in [4.69, 9.17) is 4.74 Å². The Morgan fingerprint density at radius 2 is 2.00 bits per heavy atom. The van der Waals surface area contributed by atoms with Gasteiger partial charge in [0.2, 0.25) is 0 Å². The van der Waals surface area contributed by atoms with E-state index in [1.807, 2.05) is 12.4 Å².